The molecule has 0 aromatic carbocycles. The van der Waals surface area contributed by atoms with E-state index in [4.69, 9.17) is 0 Å². The molecule has 1 rings (SSSR count). The predicted molar refractivity (Wildman–Crippen MR) is 50.4 cm³/mol. The first-order valence-electron chi connectivity index (χ1n) is 3.91. The van der Waals surface area contributed by atoms with Gasteiger partial charge < -0.3 is 0 Å². The minimum Gasteiger partial charge on any atom is -0.103 e. The molecule has 0 saturated heterocycles. The highest BCUT2D eigenvalue weighted by Gasteiger charge is 2.00. The summed E-state index contributed by atoms with van der Waals surface area (Å²) in [6.07, 6.45) is 9.45. The van der Waals surface area contributed by atoms with Gasteiger partial charge in [-0.15, -0.1) is 6.58 Å². The molecular formula is C11H14. The van der Waals surface area contributed by atoms with Gasteiger partial charge in [0, 0.05) is 0 Å². The van der Waals surface area contributed by atoms with E-state index in [1.54, 1.807) is 0 Å². The molecular weight excluding hydrogens is 132 g/mol. The van der Waals surface area contributed by atoms with Crippen LogP contribution < -0.4 is 0 Å². The van der Waals surface area contributed by atoms with Gasteiger partial charge in [0.2, 0.25) is 0 Å². The van der Waals surface area contributed by atoms with E-state index in [1.807, 2.05) is 6.08 Å². The second-order valence-corrected chi connectivity index (χ2v) is 3.00. The molecule has 0 atom stereocenters. The summed E-state index contributed by atoms with van der Waals surface area (Å²) in [5.41, 5.74) is 4.08. The van der Waals surface area contributed by atoms with Gasteiger partial charge in [0.05, 0.1) is 0 Å². The maximum Gasteiger partial charge on any atom is -0.00999 e. The van der Waals surface area contributed by atoms with Gasteiger partial charge in [0.1, 0.15) is 0 Å². The standard InChI is InChI=1S/C11H14/c1-4-5-10-6-7-11(8-10)9(2)3/h4,6-8H,1,5H2,2-3H3. The highest BCUT2D eigenvalue weighted by molar-refractivity contribution is 5.48. The molecule has 0 aromatic heterocycles. The Morgan fingerprint density at radius 1 is 1.45 bits per heavy atom. The molecule has 0 unspecified atom stereocenters. The predicted octanol–water partition coefficient (Wildman–Crippen LogP) is 3.40. The third-order valence-electron chi connectivity index (χ3n) is 1.78. The lowest BCUT2D eigenvalue weighted by atomic mass is 10.1. The second kappa shape index (κ2) is 3.38. The van der Waals surface area contributed by atoms with Crippen molar-refractivity contribution in [3.05, 3.63) is 47.6 Å². The maximum absolute atomic E-state index is 3.70. The van der Waals surface area contributed by atoms with Crippen LogP contribution in [0.2, 0.25) is 0 Å². The molecule has 0 amide bonds. The third kappa shape index (κ3) is 1.94. The number of hydrogen-bond donors (Lipinski definition) is 0. The summed E-state index contributed by atoms with van der Waals surface area (Å²) in [4.78, 5) is 0. The van der Waals surface area contributed by atoms with Gasteiger partial charge in [-0.2, -0.15) is 0 Å². The normalized spacial score (nSPS) is 15.1. The molecule has 0 radical (unpaired) electrons. The minimum atomic E-state index is 0.979. The van der Waals surface area contributed by atoms with E-state index in [0.29, 0.717) is 0 Å². The topological polar surface area (TPSA) is 0 Å². The molecule has 0 saturated carbocycles. The van der Waals surface area contributed by atoms with E-state index in [9.17, 15) is 0 Å². The van der Waals surface area contributed by atoms with Gasteiger partial charge in [-0.05, 0) is 31.4 Å². The van der Waals surface area contributed by atoms with E-state index in [0.717, 1.165) is 6.42 Å². The van der Waals surface area contributed by atoms with Crippen molar-refractivity contribution in [3.8, 4) is 0 Å². The molecule has 0 fully saturated rings. The fraction of sp³-hybridized carbons (Fsp3) is 0.273. The monoisotopic (exact) mass is 146 g/mol. The van der Waals surface area contributed by atoms with E-state index >= 15 is 0 Å². The fourth-order valence-electron chi connectivity index (χ4n) is 1.10. The van der Waals surface area contributed by atoms with E-state index in [1.165, 1.54) is 16.7 Å². The van der Waals surface area contributed by atoms with Crippen molar-refractivity contribution in [1.82, 2.24) is 0 Å². The van der Waals surface area contributed by atoms with Gasteiger partial charge in [-0.1, -0.05) is 29.9 Å². The molecule has 0 aromatic rings. The van der Waals surface area contributed by atoms with Crippen molar-refractivity contribution in [3.63, 3.8) is 0 Å². The first-order chi connectivity index (χ1) is 5.24. The Morgan fingerprint density at radius 3 is 2.64 bits per heavy atom. The zero-order valence-electron chi connectivity index (χ0n) is 7.22. The zero-order chi connectivity index (χ0) is 8.27. The number of allylic oxidation sites excluding steroid dienone is 7. The molecule has 0 N–H and O–H groups in total. The number of rotatable bonds is 2. The quantitative estimate of drug-likeness (QED) is 0.524. The van der Waals surface area contributed by atoms with Crippen LogP contribution in [0.4, 0.5) is 0 Å². The van der Waals surface area contributed by atoms with Gasteiger partial charge in [0.25, 0.3) is 0 Å². The van der Waals surface area contributed by atoms with E-state index in [2.05, 4.69) is 38.7 Å². The number of hydrogen-bond acceptors (Lipinski definition) is 0. The lowest BCUT2D eigenvalue weighted by molar-refractivity contribution is 1.30. The fourth-order valence-corrected chi connectivity index (χ4v) is 1.10. The van der Waals surface area contributed by atoms with Gasteiger partial charge in [0.15, 0.2) is 0 Å². The minimum absolute atomic E-state index is 0.979. The highest BCUT2D eigenvalue weighted by Crippen LogP contribution is 2.20. The second-order valence-electron chi connectivity index (χ2n) is 3.00. The Morgan fingerprint density at radius 2 is 2.18 bits per heavy atom. The molecule has 0 aliphatic heterocycles. The van der Waals surface area contributed by atoms with Crippen molar-refractivity contribution < 1.29 is 0 Å². The highest BCUT2D eigenvalue weighted by atomic mass is 14.1. The van der Waals surface area contributed by atoms with E-state index < -0.39 is 0 Å². The average Bonchev–Trinajstić information content (AvgIpc) is 2.37. The summed E-state index contributed by atoms with van der Waals surface area (Å²) in [5.74, 6) is 0. The van der Waals surface area contributed by atoms with Crippen LogP contribution in [-0.2, 0) is 0 Å². The summed E-state index contributed by atoms with van der Waals surface area (Å²) >= 11 is 0. The molecule has 58 valence electrons. The van der Waals surface area contributed by atoms with Crippen molar-refractivity contribution in [2.45, 2.75) is 20.3 Å². The molecule has 0 spiro atoms. The largest absolute Gasteiger partial charge is 0.103 e. The first-order valence-corrected chi connectivity index (χ1v) is 3.91. The van der Waals surface area contributed by atoms with Crippen molar-refractivity contribution in [2.75, 3.05) is 0 Å². The lowest BCUT2D eigenvalue weighted by Gasteiger charge is -1.92. The van der Waals surface area contributed by atoms with Crippen LogP contribution >= 0.6 is 0 Å². The molecule has 0 heteroatoms. The Bertz CT molecular complexity index is 245. The Hall–Kier alpha value is -1.04. The van der Waals surface area contributed by atoms with Gasteiger partial charge in [-0.3, -0.25) is 0 Å². The van der Waals surface area contributed by atoms with Gasteiger partial charge in [-0.25, -0.2) is 0 Å². The molecule has 0 heterocycles. The Kier molecular flexibility index (Phi) is 2.48. The van der Waals surface area contributed by atoms with Crippen LogP contribution in [0.1, 0.15) is 20.3 Å². The van der Waals surface area contributed by atoms with E-state index in [-0.39, 0.29) is 0 Å². The molecule has 0 nitrogen and oxygen atoms in total. The van der Waals surface area contributed by atoms with Crippen molar-refractivity contribution in [2.24, 2.45) is 0 Å². The van der Waals surface area contributed by atoms with Crippen LogP contribution in [0, 0.1) is 0 Å². The maximum atomic E-state index is 3.70. The average molecular weight is 146 g/mol. The van der Waals surface area contributed by atoms with Crippen LogP contribution in [-0.4, -0.2) is 0 Å². The third-order valence-corrected chi connectivity index (χ3v) is 1.78. The summed E-state index contributed by atoms with van der Waals surface area (Å²) < 4.78 is 0. The molecule has 11 heavy (non-hydrogen) atoms. The van der Waals surface area contributed by atoms with Crippen LogP contribution in [0.15, 0.2) is 47.6 Å². The van der Waals surface area contributed by atoms with Crippen molar-refractivity contribution in [1.29, 1.82) is 0 Å². The Labute approximate surface area is 68.6 Å². The smallest absolute Gasteiger partial charge is 0.00999 e. The van der Waals surface area contributed by atoms with Crippen LogP contribution in [0.5, 0.6) is 0 Å². The first kappa shape index (κ1) is 8.06. The summed E-state index contributed by atoms with van der Waals surface area (Å²) in [7, 11) is 0. The lowest BCUT2D eigenvalue weighted by Crippen LogP contribution is -1.72. The van der Waals surface area contributed by atoms with Crippen LogP contribution in [0.25, 0.3) is 0 Å². The summed E-state index contributed by atoms with van der Waals surface area (Å²) in [5, 5.41) is 0. The molecule has 0 bridgehead atoms. The Balaban J connectivity index is 2.78. The molecule has 1 aliphatic rings. The zero-order valence-corrected chi connectivity index (χ0v) is 7.22. The van der Waals surface area contributed by atoms with Gasteiger partial charge >= 0.3 is 0 Å². The SMILES string of the molecule is C=CCC1=CC(=C(C)C)C=C1. The van der Waals surface area contributed by atoms with Crippen LogP contribution in [0.3, 0.4) is 0 Å². The summed E-state index contributed by atoms with van der Waals surface area (Å²) in [6.45, 7) is 7.97. The molecule has 1 aliphatic carbocycles. The van der Waals surface area contributed by atoms with Crippen molar-refractivity contribution >= 4 is 0 Å². The summed E-state index contributed by atoms with van der Waals surface area (Å²) in [6, 6.07) is 0.